The Morgan fingerprint density at radius 3 is 2.87 bits per heavy atom. The van der Waals surface area contributed by atoms with E-state index in [0.717, 1.165) is 18.5 Å². The number of nitrogens with one attached hydrogen (secondary N) is 1. The molecule has 0 amide bonds. The van der Waals surface area contributed by atoms with Crippen molar-refractivity contribution in [2.24, 2.45) is 5.92 Å². The van der Waals surface area contributed by atoms with Crippen molar-refractivity contribution < 1.29 is 0 Å². The van der Waals surface area contributed by atoms with E-state index in [4.69, 9.17) is 0 Å². The Kier molecular flexibility index (Phi) is 3.42. The first-order valence-corrected chi connectivity index (χ1v) is 6.03. The zero-order valence-corrected chi connectivity index (χ0v) is 9.79. The Balaban J connectivity index is 1.83. The molecular formula is C14H21N. The lowest BCUT2D eigenvalue weighted by molar-refractivity contribution is 0.502. The van der Waals surface area contributed by atoms with Crippen molar-refractivity contribution in [3.63, 3.8) is 0 Å². The number of aryl methyl sites for hydroxylation is 1. The summed E-state index contributed by atoms with van der Waals surface area (Å²) >= 11 is 0. The Labute approximate surface area is 92.9 Å². The summed E-state index contributed by atoms with van der Waals surface area (Å²) in [7, 11) is 0. The summed E-state index contributed by atoms with van der Waals surface area (Å²) in [4.78, 5) is 0. The van der Waals surface area contributed by atoms with Gasteiger partial charge in [-0.15, -0.1) is 0 Å². The molecule has 2 atom stereocenters. The number of benzene rings is 1. The molecule has 1 heteroatoms. The molecule has 0 radical (unpaired) electrons. The lowest BCUT2D eigenvalue weighted by atomic mass is 10.1. The van der Waals surface area contributed by atoms with Gasteiger partial charge in [0.2, 0.25) is 0 Å². The lowest BCUT2D eigenvalue weighted by Gasteiger charge is -2.12. The van der Waals surface area contributed by atoms with Gasteiger partial charge >= 0.3 is 0 Å². The molecule has 1 aliphatic carbocycles. The summed E-state index contributed by atoms with van der Waals surface area (Å²) in [5, 5.41) is 3.66. The van der Waals surface area contributed by atoms with Crippen molar-refractivity contribution in [3.05, 3.63) is 35.4 Å². The summed E-state index contributed by atoms with van der Waals surface area (Å²) in [5.74, 6) is 0.917. The van der Waals surface area contributed by atoms with Gasteiger partial charge in [-0.1, -0.05) is 36.8 Å². The molecule has 0 unspecified atom stereocenters. The van der Waals surface area contributed by atoms with Crippen LogP contribution in [0.1, 0.15) is 37.3 Å². The fourth-order valence-corrected chi connectivity index (χ4v) is 2.48. The van der Waals surface area contributed by atoms with Crippen molar-refractivity contribution in [2.75, 3.05) is 0 Å². The maximum absolute atomic E-state index is 3.66. The molecule has 0 heterocycles. The predicted octanol–water partition coefficient (Wildman–Crippen LogP) is 3.27. The Hall–Kier alpha value is -0.820. The van der Waals surface area contributed by atoms with E-state index in [0.29, 0.717) is 0 Å². The van der Waals surface area contributed by atoms with E-state index in [1.807, 2.05) is 0 Å². The molecule has 1 aromatic carbocycles. The molecule has 1 fully saturated rings. The summed E-state index contributed by atoms with van der Waals surface area (Å²) in [5.41, 5.74) is 2.77. The van der Waals surface area contributed by atoms with Crippen LogP contribution in [0.15, 0.2) is 24.3 Å². The SMILES string of the molecule is Cc1cccc(CN[C@H]2CC[C@@H](C)C2)c1. The van der Waals surface area contributed by atoms with E-state index in [9.17, 15) is 0 Å². The first kappa shape index (κ1) is 10.7. The summed E-state index contributed by atoms with van der Waals surface area (Å²) in [6.45, 7) is 5.54. The number of hydrogen-bond acceptors (Lipinski definition) is 1. The van der Waals surface area contributed by atoms with Gasteiger partial charge in [-0.05, 0) is 37.7 Å². The normalized spacial score (nSPS) is 25.7. The van der Waals surface area contributed by atoms with Crippen LogP contribution in [0.25, 0.3) is 0 Å². The third-order valence-corrected chi connectivity index (χ3v) is 3.37. The van der Waals surface area contributed by atoms with Crippen LogP contribution in [-0.4, -0.2) is 6.04 Å². The summed E-state index contributed by atoms with van der Waals surface area (Å²) in [6, 6.07) is 9.52. The first-order valence-electron chi connectivity index (χ1n) is 6.03. The third-order valence-electron chi connectivity index (χ3n) is 3.37. The molecule has 1 saturated carbocycles. The molecule has 0 saturated heterocycles. The monoisotopic (exact) mass is 203 g/mol. The zero-order valence-electron chi connectivity index (χ0n) is 9.79. The van der Waals surface area contributed by atoms with Crippen molar-refractivity contribution in [1.82, 2.24) is 5.32 Å². The van der Waals surface area contributed by atoms with E-state index in [1.165, 1.54) is 30.4 Å². The van der Waals surface area contributed by atoms with Crippen molar-refractivity contribution >= 4 is 0 Å². The van der Waals surface area contributed by atoms with Gasteiger partial charge in [0, 0.05) is 12.6 Å². The second-order valence-electron chi connectivity index (χ2n) is 4.99. The molecule has 1 nitrogen and oxygen atoms in total. The molecule has 82 valence electrons. The van der Waals surface area contributed by atoms with Crippen LogP contribution in [0, 0.1) is 12.8 Å². The highest BCUT2D eigenvalue weighted by Gasteiger charge is 2.20. The van der Waals surface area contributed by atoms with Gasteiger partial charge in [-0.2, -0.15) is 0 Å². The molecule has 1 N–H and O–H groups in total. The molecule has 0 bridgehead atoms. The van der Waals surface area contributed by atoms with Crippen molar-refractivity contribution in [1.29, 1.82) is 0 Å². The van der Waals surface area contributed by atoms with Crippen molar-refractivity contribution in [3.8, 4) is 0 Å². The van der Waals surface area contributed by atoms with Crippen LogP contribution in [0.4, 0.5) is 0 Å². The summed E-state index contributed by atoms with van der Waals surface area (Å²) < 4.78 is 0. The van der Waals surface area contributed by atoms with Gasteiger partial charge in [0.1, 0.15) is 0 Å². The lowest BCUT2D eigenvalue weighted by Crippen LogP contribution is -2.25. The topological polar surface area (TPSA) is 12.0 Å². The van der Waals surface area contributed by atoms with Crippen LogP contribution >= 0.6 is 0 Å². The fourth-order valence-electron chi connectivity index (χ4n) is 2.48. The van der Waals surface area contributed by atoms with Crippen LogP contribution in [0.3, 0.4) is 0 Å². The van der Waals surface area contributed by atoms with Gasteiger partial charge in [0.05, 0.1) is 0 Å². The average Bonchev–Trinajstić information content (AvgIpc) is 2.62. The number of rotatable bonds is 3. The van der Waals surface area contributed by atoms with Gasteiger partial charge in [-0.3, -0.25) is 0 Å². The largest absolute Gasteiger partial charge is 0.310 e. The Bertz CT molecular complexity index is 319. The van der Waals surface area contributed by atoms with E-state index in [1.54, 1.807) is 0 Å². The second-order valence-corrected chi connectivity index (χ2v) is 4.99. The Morgan fingerprint density at radius 2 is 2.20 bits per heavy atom. The van der Waals surface area contributed by atoms with Crippen LogP contribution in [-0.2, 0) is 6.54 Å². The maximum atomic E-state index is 3.66. The number of hydrogen-bond donors (Lipinski definition) is 1. The minimum atomic E-state index is 0.750. The minimum absolute atomic E-state index is 0.750. The summed E-state index contributed by atoms with van der Waals surface area (Å²) in [6.07, 6.45) is 4.10. The van der Waals surface area contributed by atoms with Crippen LogP contribution in [0.2, 0.25) is 0 Å². The molecular weight excluding hydrogens is 182 g/mol. The van der Waals surface area contributed by atoms with Gasteiger partial charge in [0.15, 0.2) is 0 Å². The average molecular weight is 203 g/mol. The highest BCUT2D eigenvalue weighted by molar-refractivity contribution is 5.22. The van der Waals surface area contributed by atoms with Gasteiger partial charge in [-0.25, -0.2) is 0 Å². The first-order chi connectivity index (χ1) is 7.24. The van der Waals surface area contributed by atoms with E-state index < -0.39 is 0 Å². The molecule has 0 spiro atoms. The smallest absolute Gasteiger partial charge is 0.0208 e. The highest BCUT2D eigenvalue weighted by atomic mass is 14.9. The maximum Gasteiger partial charge on any atom is 0.0208 e. The second kappa shape index (κ2) is 4.80. The van der Waals surface area contributed by atoms with E-state index in [2.05, 4.69) is 43.4 Å². The van der Waals surface area contributed by atoms with E-state index >= 15 is 0 Å². The van der Waals surface area contributed by atoms with Crippen LogP contribution < -0.4 is 5.32 Å². The molecule has 0 aliphatic heterocycles. The fraction of sp³-hybridized carbons (Fsp3) is 0.571. The molecule has 1 aliphatic rings. The quantitative estimate of drug-likeness (QED) is 0.795. The zero-order chi connectivity index (χ0) is 10.7. The van der Waals surface area contributed by atoms with Gasteiger partial charge < -0.3 is 5.32 Å². The van der Waals surface area contributed by atoms with Crippen LogP contribution in [0.5, 0.6) is 0 Å². The van der Waals surface area contributed by atoms with Crippen molar-refractivity contribution in [2.45, 2.75) is 45.7 Å². The molecule has 1 aromatic rings. The molecule has 15 heavy (non-hydrogen) atoms. The highest BCUT2D eigenvalue weighted by Crippen LogP contribution is 2.24. The molecule has 2 rings (SSSR count). The van der Waals surface area contributed by atoms with Gasteiger partial charge in [0.25, 0.3) is 0 Å². The Morgan fingerprint density at radius 1 is 1.33 bits per heavy atom. The predicted molar refractivity (Wildman–Crippen MR) is 64.8 cm³/mol. The third kappa shape index (κ3) is 3.07. The van der Waals surface area contributed by atoms with E-state index in [-0.39, 0.29) is 0 Å². The molecule has 0 aromatic heterocycles. The minimum Gasteiger partial charge on any atom is -0.310 e. The standard InChI is InChI=1S/C14H21N/c1-11-4-3-5-13(8-11)10-15-14-7-6-12(2)9-14/h3-5,8,12,14-15H,6-7,9-10H2,1-2H3/t12-,14+/m1/s1.